The van der Waals surface area contributed by atoms with Gasteiger partial charge in [0, 0.05) is 26.1 Å². The van der Waals surface area contributed by atoms with Crippen LogP contribution in [0.5, 0.6) is 0 Å². The van der Waals surface area contributed by atoms with Crippen LogP contribution in [-0.2, 0) is 23.1 Å². The van der Waals surface area contributed by atoms with Crippen molar-refractivity contribution in [2.75, 3.05) is 26.3 Å². The van der Waals surface area contributed by atoms with Gasteiger partial charge in [0.2, 0.25) is 5.91 Å². The Labute approximate surface area is 105 Å². The van der Waals surface area contributed by atoms with Crippen LogP contribution in [0.4, 0.5) is 0 Å². The molecule has 3 rings (SSSR count). The normalized spacial score (nSPS) is 30.4. The van der Waals surface area contributed by atoms with E-state index in [9.17, 15) is 4.79 Å². The Morgan fingerprint density at radius 1 is 1.78 bits per heavy atom. The number of fused-ring (bicyclic) bond motifs is 1. The van der Waals surface area contributed by atoms with Crippen molar-refractivity contribution in [3.8, 4) is 0 Å². The summed E-state index contributed by atoms with van der Waals surface area (Å²) in [5, 5.41) is 13.9. The Hall–Kier alpha value is -1.47. The van der Waals surface area contributed by atoms with E-state index in [4.69, 9.17) is 4.74 Å². The predicted molar refractivity (Wildman–Crippen MR) is 62.5 cm³/mol. The van der Waals surface area contributed by atoms with Crippen LogP contribution in [-0.4, -0.2) is 47.2 Å². The molecule has 0 bridgehead atoms. The molecule has 1 aromatic rings. The summed E-state index contributed by atoms with van der Waals surface area (Å²) in [5.41, 5.74) is 0.507. The van der Waals surface area contributed by atoms with E-state index in [1.165, 1.54) is 0 Å². The van der Waals surface area contributed by atoms with E-state index in [-0.39, 0.29) is 11.3 Å². The zero-order valence-corrected chi connectivity index (χ0v) is 10.3. The van der Waals surface area contributed by atoms with Crippen LogP contribution in [0.3, 0.4) is 0 Å². The maximum Gasteiger partial charge on any atom is 0.230 e. The van der Waals surface area contributed by atoms with Gasteiger partial charge in [0.25, 0.3) is 0 Å². The van der Waals surface area contributed by atoms with Crippen molar-refractivity contribution in [1.82, 2.24) is 25.6 Å². The van der Waals surface area contributed by atoms with Crippen molar-refractivity contribution >= 4 is 5.91 Å². The minimum Gasteiger partial charge on any atom is -0.380 e. The second kappa shape index (κ2) is 4.33. The van der Waals surface area contributed by atoms with E-state index >= 15 is 0 Å². The zero-order valence-electron chi connectivity index (χ0n) is 10.3. The lowest BCUT2D eigenvalue weighted by molar-refractivity contribution is -0.131. The Morgan fingerprint density at radius 2 is 2.67 bits per heavy atom. The van der Waals surface area contributed by atoms with Crippen molar-refractivity contribution in [2.45, 2.75) is 6.54 Å². The van der Waals surface area contributed by atoms with Crippen LogP contribution in [0.1, 0.15) is 5.69 Å². The molecule has 2 saturated heterocycles. The summed E-state index contributed by atoms with van der Waals surface area (Å²) in [7, 11) is 1.81. The lowest BCUT2D eigenvalue weighted by atomic mass is 9.80. The molecule has 2 fully saturated rings. The fraction of sp³-hybridized carbons (Fsp3) is 0.727. The topological polar surface area (TPSA) is 81.1 Å². The highest BCUT2D eigenvalue weighted by Gasteiger charge is 2.52. The third kappa shape index (κ3) is 1.70. The molecule has 0 aliphatic carbocycles. The van der Waals surface area contributed by atoms with Crippen LogP contribution in [0, 0.1) is 11.3 Å². The lowest BCUT2D eigenvalue weighted by Crippen LogP contribution is -2.46. The molecule has 1 aromatic heterocycles. The van der Waals surface area contributed by atoms with Gasteiger partial charge in [-0.1, -0.05) is 5.21 Å². The molecule has 0 unspecified atom stereocenters. The van der Waals surface area contributed by atoms with Crippen LogP contribution in [0.15, 0.2) is 6.20 Å². The Bertz CT molecular complexity index is 448. The second-order valence-corrected chi connectivity index (χ2v) is 5.03. The van der Waals surface area contributed by atoms with E-state index in [1.807, 2.05) is 7.05 Å². The summed E-state index contributed by atoms with van der Waals surface area (Å²) >= 11 is 0. The molecule has 0 radical (unpaired) electrons. The number of amides is 1. The highest BCUT2D eigenvalue weighted by atomic mass is 16.5. The van der Waals surface area contributed by atoms with Crippen molar-refractivity contribution in [3.05, 3.63) is 11.9 Å². The summed E-state index contributed by atoms with van der Waals surface area (Å²) in [6, 6.07) is 0. The van der Waals surface area contributed by atoms with Gasteiger partial charge >= 0.3 is 0 Å². The van der Waals surface area contributed by atoms with E-state index in [0.29, 0.717) is 32.2 Å². The average molecular weight is 251 g/mol. The first-order chi connectivity index (χ1) is 8.72. The number of hydrogen-bond acceptors (Lipinski definition) is 5. The van der Waals surface area contributed by atoms with Gasteiger partial charge in [0.1, 0.15) is 0 Å². The largest absolute Gasteiger partial charge is 0.380 e. The third-order valence-corrected chi connectivity index (χ3v) is 3.98. The first-order valence-electron chi connectivity index (χ1n) is 6.13. The van der Waals surface area contributed by atoms with Crippen molar-refractivity contribution in [1.29, 1.82) is 0 Å². The second-order valence-electron chi connectivity index (χ2n) is 5.03. The van der Waals surface area contributed by atoms with Crippen molar-refractivity contribution in [2.24, 2.45) is 18.4 Å². The first-order valence-corrected chi connectivity index (χ1v) is 6.13. The number of hydrogen-bond donors (Lipinski definition) is 2. The minimum atomic E-state index is -0.383. The molecular formula is C11H17N5O2. The highest BCUT2D eigenvalue weighted by Crippen LogP contribution is 2.37. The summed E-state index contributed by atoms with van der Waals surface area (Å²) < 4.78 is 7.13. The highest BCUT2D eigenvalue weighted by molar-refractivity contribution is 5.84. The summed E-state index contributed by atoms with van der Waals surface area (Å²) in [5.74, 6) is 0.360. The smallest absolute Gasteiger partial charge is 0.230 e. The van der Waals surface area contributed by atoms with Crippen LogP contribution in [0.25, 0.3) is 0 Å². The average Bonchev–Trinajstić information content (AvgIpc) is 3.00. The van der Waals surface area contributed by atoms with Gasteiger partial charge in [0.15, 0.2) is 0 Å². The molecule has 2 N–H and O–H groups in total. The van der Waals surface area contributed by atoms with E-state index < -0.39 is 0 Å². The fourth-order valence-electron chi connectivity index (χ4n) is 2.73. The number of aromatic nitrogens is 3. The molecule has 2 atom stereocenters. The Balaban J connectivity index is 1.66. The number of rotatable bonds is 3. The maximum absolute atomic E-state index is 12.4. The fourth-order valence-corrected chi connectivity index (χ4v) is 2.73. The Morgan fingerprint density at radius 3 is 3.44 bits per heavy atom. The van der Waals surface area contributed by atoms with Crippen LogP contribution < -0.4 is 10.6 Å². The number of nitrogens with one attached hydrogen (secondary N) is 2. The molecule has 2 aliphatic heterocycles. The molecule has 98 valence electrons. The van der Waals surface area contributed by atoms with Crippen LogP contribution in [0.2, 0.25) is 0 Å². The molecule has 3 heterocycles. The molecule has 2 aliphatic rings. The number of carbonyl (C=O) groups excluding carboxylic acids is 1. The lowest BCUT2D eigenvalue weighted by Gasteiger charge is -2.24. The number of ether oxygens (including phenoxy) is 1. The number of aryl methyl sites for hydroxylation is 1. The minimum absolute atomic E-state index is 0.0659. The quantitative estimate of drug-likeness (QED) is 0.695. The van der Waals surface area contributed by atoms with Crippen LogP contribution >= 0.6 is 0 Å². The third-order valence-electron chi connectivity index (χ3n) is 3.98. The molecular weight excluding hydrogens is 234 g/mol. The maximum atomic E-state index is 12.4. The van der Waals surface area contributed by atoms with Gasteiger partial charge in [-0.15, -0.1) is 5.10 Å². The summed E-state index contributed by atoms with van der Waals surface area (Å²) in [6.45, 7) is 3.21. The summed E-state index contributed by atoms with van der Waals surface area (Å²) in [6.07, 6.45) is 1.66. The van der Waals surface area contributed by atoms with Gasteiger partial charge < -0.3 is 15.4 Å². The van der Waals surface area contributed by atoms with Crippen molar-refractivity contribution < 1.29 is 9.53 Å². The SMILES string of the molecule is Cn1nncc1CNC(=O)[C@]12CNC[C@H]1COC2. The number of nitrogens with zero attached hydrogens (tertiary/aromatic N) is 3. The molecule has 7 nitrogen and oxygen atoms in total. The van der Waals surface area contributed by atoms with Gasteiger partial charge in [-0.05, 0) is 0 Å². The van der Waals surface area contributed by atoms with E-state index in [0.717, 1.165) is 12.2 Å². The summed E-state index contributed by atoms with van der Waals surface area (Å²) in [4.78, 5) is 12.4. The molecule has 0 saturated carbocycles. The van der Waals surface area contributed by atoms with E-state index in [1.54, 1.807) is 10.9 Å². The van der Waals surface area contributed by atoms with E-state index in [2.05, 4.69) is 20.9 Å². The number of carbonyl (C=O) groups is 1. The van der Waals surface area contributed by atoms with Crippen molar-refractivity contribution in [3.63, 3.8) is 0 Å². The monoisotopic (exact) mass is 251 g/mol. The first kappa shape index (κ1) is 11.6. The Kier molecular flexibility index (Phi) is 2.79. The standard InChI is InChI=1S/C11H17N5O2/c1-16-9(4-14-15-16)3-13-10(17)11-6-12-2-8(11)5-18-7-11/h4,8,12H,2-3,5-7H2,1H3,(H,13,17)/t8-,11-/m0/s1. The van der Waals surface area contributed by atoms with Gasteiger partial charge in [-0.2, -0.15) is 0 Å². The van der Waals surface area contributed by atoms with Gasteiger partial charge in [-0.25, -0.2) is 0 Å². The molecule has 18 heavy (non-hydrogen) atoms. The predicted octanol–water partition coefficient (Wildman–Crippen LogP) is -1.33. The molecule has 1 amide bonds. The molecule has 0 aromatic carbocycles. The zero-order chi connectivity index (χ0) is 12.6. The van der Waals surface area contributed by atoms with Gasteiger partial charge in [0.05, 0.1) is 37.1 Å². The molecule has 7 heteroatoms. The molecule has 0 spiro atoms. The van der Waals surface area contributed by atoms with Gasteiger partial charge in [-0.3, -0.25) is 9.48 Å².